The summed E-state index contributed by atoms with van der Waals surface area (Å²) in [5, 5.41) is 1.10. The molecule has 1 aromatic carbocycles. The first-order chi connectivity index (χ1) is 11.3. The van der Waals surface area contributed by atoms with Gasteiger partial charge in [-0.1, -0.05) is 0 Å². The van der Waals surface area contributed by atoms with Crippen molar-refractivity contribution in [2.45, 2.75) is 19.4 Å². The van der Waals surface area contributed by atoms with Crippen LogP contribution in [0, 0.1) is 0 Å². The topological polar surface area (TPSA) is 55.6 Å². The number of nitrogens with zero attached hydrogens (tertiary/aromatic N) is 2. The van der Waals surface area contributed by atoms with Crippen molar-refractivity contribution in [2.24, 2.45) is 0 Å². The highest BCUT2D eigenvalue weighted by Crippen LogP contribution is 2.30. The normalized spacial score (nSPS) is 14.9. The standard InChI is InChI=1S/C18H18N2O3.ClH/c1-22-15-7-6-12-16(21)13-5-4-8-19-18(13)23-17(12)14(15)11-20-9-2-3-10-20;/h4-8H,2-3,9-11H2,1H3;1H. The Kier molecular flexibility index (Phi) is 4.73. The van der Waals surface area contributed by atoms with Crippen molar-refractivity contribution in [1.29, 1.82) is 0 Å². The Bertz CT molecular complexity index is 933. The van der Waals surface area contributed by atoms with E-state index < -0.39 is 0 Å². The lowest BCUT2D eigenvalue weighted by molar-refractivity contribution is 0.320. The third-order valence-corrected chi connectivity index (χ3v) is 4.48. The van der Waals surface area contributed by atoms with Crippen molar-refractivity contribution in [1.82, 2.24) is 9.88 Å². The van der Waals surface area contributed by atoms with Gasteiger partial charge >= 0.3 is 0 Å². The summed E-state index contributed by atoms with van der Waals surface area (Å²) in [5.74, 6) is 0.753. The summed E-state index contributed by atoms with van der Waals surface area (Å²) < 4.78 is 11.5. The number of benzene rings is 1. The van der Waals surface area contributed by atoms with E-state index in [2.05, 4.69) is 9.88 Å². The van der Waals surface area contributed by atoms with Gasteiger partial charge < -0.3 is 9.15 Å². The Morgan fingerprint density at radius 1 is 1.21 bits per heavy atom. The van der Waals surface area contributed by atoms with E-state index in [-0.39, 0.29) is 17.8 Å². The van der Waals surface area contributed by atoms with Crippen LogP contribution < -0.4 is 10.2 Å². The molecule has 3 heterocycles. The minimum absolute atomic E-state index is 0. The van der Waals surface area contributed by atoms with Crippen LogP contribution in [0.4, 0.5) is 0 Å². The predicted molar refractivity (Wildman–Crippen MR) is 96.1 cm³/mol. The highest BCUT2D eigenvalue weighted by molar-refractivity contribution is 5.90. The van der Waals surface area contributed by atoms with E-state index in [9.17, 15) is 4.79 Å². The number of ether oxygens (including phenoxy) is 1. The first-order valence-corrected chi connectivity index (χ1v) is 7.87. The van der Waals surface area contributed by atoms with Gasteiger partial charge in [-0.25, -0.2) is 4.98 Å². The fraction of sp³-hybridized carbons (Fsp3) is 0.333. The summed E-state index contributed by atoms with van der Waals surface area (Å²) >= 11 is 0. The lowest BCUT2D eigenvalue weighted by atomic mass is 10.1. The van der Waals surface area contributed by atoms with Gasteiger partial charge in [0.1, 0.15) is 11.3 Å². The second-order valence-corrected chi connectivity index (χ2v) is 5.89. The summed E-state index contributed by atoms with van der Waals surface area (Å²) in [6.07, 6.45) is 4.06. The molecule has 0 radical (unpaired) electrons. The van der Waals surface area contributed by atoms with Crippen molar-refractivity contribution in [3.05, 3.63) is 46.2 Å². The minimum Gasteiger partial charge on any atom is -0.496 e. The molecule has 3 aromatic rings. The zero-order valence-corrected chi connectivity index (χ0v) is 14.3. The van der Waals surface area contributed by atoms with Crippen LogP contribution in [-0.2, 0) is 6.54 Å². The number of aromatic nitrogens is 1. The van der Waals surface area contributed by atoms with E-state index in [1.165, 1.54) is 12.8 Å². The van der Waals surface area contributed by atoms with Crippen LogP contribution in [0.25, 0.3) is 22.1 Å². The molecule has 0 N–H and O–H groups in total. The Hall–Kier alpha value is -2.11. The van der Waals surface area contributed by atoms with Crippen LogP contribution in [-0.4, -0.2) is 30.1 Å². The van der Waals surface area contributed by atoms with Crippen LogP contribution in [0.2, 0.25) is 0 Å². The highest BCUT2D eigenvalue weighted by atomic mass is 35.5. The molecule has 126 valence electrons. The maximum absolute atomic E-state index is 12.7. The largest absolute Gasteiger partial charge is 0.496 e. The summed E-state index contributed by atoms with van der Waals surface area (Å²) in [7, 11) is 1.64. The Morgan fingerprint density at radius 2 is 2.00 bits per heavy atom. The molecule has 1 aliphatic rings. The Balaban J connectivity index is 0.00000169. The van der Waals surface area contributed by atoms with Crippen LogP contribution in [0.5, 0.6) is 5.75 Å². The number of hydrogen-bond acceptors (Lipinski definition) is 5. The van der Waals surface area contributed by atoms with Crippen molar-refractivity contribution < 1.29 is 9.15 Å². The SMILES string of the molecule is COc1ccc2c(=O)c3cccnc3oc2c1CN1CCCC1.Cl. The van der Waals surface area contributed by atoms with Crippen molar-refractivity contribution >= 4 is 34.5 Å². The second-order valence-electron chi connectivity index (χ2n) is 5.89. The molecule has 0 spiro atoms. The molecule has 24 heavy (non-hydrogen) atoms. The van der Waals surface area contributed by atoms with Gasteiger partial charge in [-0.15, -0.1) is 12.4 Å². The molecule has 0 bridgehead atoms. The quantitative estimate of drug-likeness (QED) is 0.680. The third kappa shape index (κ3) is 2.74. The maximum Gasteiger partial charge on any atom is 0.230 e. The smallest absolute Gasteiger partial charge is 0.230 e. The number of fused-ring (bicyclic) bond motifs is 2. The van der Waals surface area contributed by atoms with E-state index in [1.54, 1.807) is 31.5 Å². The Morgan fingerprint density at radius 3 is 2.75 bits per heavy atom. The molecule has 1 fully saturated rings. The molecule has 0 aliphatic carbocycles. The zero-order valence-electron chi connectivity index (χ0n) is 13.4. The lowest BCUT2D eigenvalue weighted by Gasteiger charge is -2.18. The first-order valence-electron chi connectivity index (χ1n) is 7.87. The Labute approximate surface area is 145 Å². The van der Waals surface area contributed by atoms with Gasteiger partial charge in [0.2, 0.25) is 11.1 Å². The second kappa shape index (κ2) is 6.79. The van der Waals surface area contributed by atoms with E-state index in [4.69, 9.17) is 9.15 Å². The molecule has 0 saturated carbocycles. The molecule has 2 aromatic heterocycles. The fourth-order valence-corrected chi connectivity index (χ4v) is 3.30. The predicted octanol–water partition coefficient (Wildman–Crippen LogP) is 3.37. The molecular weight excluding hydrogens is 328 g/mol. The summed E-state index contributed by atoms with van der Waals surface area (Å²) in [6, 6.07) is 7.13. The van der Waals surface area contributed by atoms with Gasteiger partial charge in [0.15, 0.2) is 0 Å². The molecule has 1 aliphatic heterocycles. The molecular formula is C18H19ClN2O3. The average molecular weight is 347 g/mol. The molecule has 1 saturated heterocycles. The summed E-state index contributed by atoms with van der Waals surface area (Å²) in [4.78, 5) is 19.3. The molecule has 6 heteroatoms. The van der Waals surface area contributed by atoms with E-state index in [0.29, 0.717) is 22.1 Å². The third-order valence-electron chi connectivity index (χ3n) is 4.48. The van der Waals surface area contributed by atoms with Crippen LogP contribution in [0.15, 0.2) is 39.7 Å². The highest BCUT2D eigenvalue weighted by Gasteiger charge is 2.20. The van der Waals surface area contributed by atoms with Crippen molar-refractivity contribution in [2.75, 3.05) is 20.2 Å². The monoisotopic (exact) mass is 346 g/mol. The van der Waals surface area contributed by atoms with Crippen LogP contribution in [0.1, 0.15) is 18.4 Å². The maximum atomic E-state index is 12.7. The molecule has 0 amide bonds. The van der Waals surface area contributed by atoms with Gasteiger partial charge in [0.25, 0.3) is 0 Å². The van der Waals surface area contributed by atoms with Gasteiger partial charge in [0.05, 0.1) is 23.4 Å². The number of rotatable bonds is 3. The fourth-order valence-electron chi connectivity index (χ4n) is 3.30. The van der Waals surface area contributed by atoms with Gasteiger partial charge in [-0.2, -0.15) is 0 Å². The average Bonchev–Trinajstić information content (AvgIpc) is 3.09. The summed E-state index contributed by atoms with van der Waals surface area (Å²) in [5.41, 5.74) is 1.85. The van der Waals surface area contributed by atoms with Crippen molar-refractivity contribution in [3.63, 3.8) is 0 Å². The van der Waals surface area contributed by atoms with Gasteiger partial charge in [-0.05, 0) is 50.2 Å². The molecule has 0 unspecified atom stereocenters. The van der Waals surface area contributed by atoms with E-state index >= 15 is 0 Å². The molecule has 4 rings (SSSR count). The molecule has 0 atom stereocenters. The zero-order chi connectivity index (χ0) is 15.8. The van der Waals surface area contributed by atoms with Gasteiger partial charge in [0, 0.05) is 12.7 Å². The van der Waals surface area contributed by atoms with E-state index in [1.807, 2.05) is 6.07 Å². The van der Waals surface area contributed by atoms with Gasteiger partial charge in [-0.3, -0.25) is 9.69 Å². The van der Waals surface area contributed by atoms with Crippen LogP contribution in [0.3, 0.4) is 0 Å². The number of pyridine rings is 1. The number of halogens is 1. The minimum atomic E-state index is -0.0420. The number of likely N-dealkylation sites (tertiary alicyclic amines) is 1. The number of methoxy groups -OCH3 is 1. The molecule has 5 nitrogen and oxygen atoms in total. The van der Waals surface area contributed by atoms with Crippen molar-refractivity contribution in [3.8, 4) is 5.75 Å². The van der Waals surface area contributed by atoms with E-state index in [0.717, 1.165) is 30.9 Å². The van der Waals surface area contributed by atoms with Crippen LogP contribution >= 0.6 is 12.4 Å². The number of hydrogen-bond donors (Lipinski definition) is 0. The first kappa shape index (κ1) is 16.7. The summed E-state index contributed by atoms with van der Waals surface area (Å²) in [6.45, 7) is 2.85. The lowest BCUT2D eigenvalue weighted by Crippen LogP contribution is -2.19.